The van der Waals surface area contributed by atoms with Gasteiger partial charge in [0.15, 0.2) is 0 Å². The van der Waals surface area contributed by atoms with Crippen molar-refractivity contribution in [1.29, 1.82) is 0 Å². The maximum atomic E-state index is 12.9. The molecule has 0 aliphatic carbocycles. The molecule has 2 saturated heterocycles. The number of thiophene rings is 1. The number of rotatable bonds is 5. The highest BCUT2D eigenvalue weighted by Gasteiger charge is 2.34. The second kappa shape index (κ2) is 8.69. The van der Waals surface area contributed by atoms with Gasteiger partial charge in [-0.2, -0.15) is 4.31 Å². The Kier molecular flexibility index (Phi) is 6.18. The topological polar surface area (TPSA) is 69.7 Å². The first-order valence-electron chi connectivity index (χ1n) is 10.6. The van der Waals surface area contributed by atoms with Crippen LogP contribution in [0.5, 0.6) is 0 Å². The molecule has 0 saturated carbocycles. The standard InChI is InChI=1S/C22H29N3O3S2/c1-16-11-13-24(14-16)20-8-6-19(7-9-20)23-22(26)18-4-3-12-25(15-18)30(27,28)21-10-5-17(2)29-21/h5-10,16,18H,3-4,11-15H2,1-2H3,(H,23,26). The van der Waals surface area contributed by atoms with Crippen LogP contribution < -0.4 is 10.2 Å². The lowest BCUT2D eigenvalue weighted by Gasteiger charge is -2.30. The fourth-order valence-corrected chi connectivity index (χ4v) is 7.18. The third kappa shape index (κ3) is 4.55. The lowest BCUT2D eigenvalue weighted by molar-refractivity contribution is -0.120. The first kappa shape index (κ1) is 21.3. The molecular weight excluding hydrogens is 418 g/mol. The molecule has 2 aliphatic rings. The van der Waals surface area contributed by atoms with Gasteiger partial charge in [0.2, 0.25) is 5.91 Å². The number of carbonyl (C=O) groups is 1. The molecule has 8 heteroatoms. The van der Waals surface area contributed by atoms with Crippen molar-refractivity contribution >= 4 is 38.6 Å². The zero-order valence-corrected chi connectivity index (χ0v) is 19.1. The summed E-state index contributed by atoms with van der Waals surface area (Å²) in [4.78, 5) is 16.2. The van der Waals surface area contributed by atoms with Crippen molar-refractivity contribution in [1.82, 2.24) is 4.31 Å². The Morgan fingerprint density at radius 2 is 1.83 bits per heavy atom. The van der Waals surface area contributed by atoms with E-state index in [4.69, 9.17) is 0 Å². The number of hydrogen-bond donors (Lipinski definition) is 1. The van der Waals surface area contributed by atoms with Crippen molar-refractivity contribution in [2.75, 3.05) is 36.4 Å². The Bertz CT molecular complexity index is 1000. The van der Waals surface area contributed by atoms with Gasteiger partial charge in [-0.25, -0.2) is 8.42 Å². The summed E-state index contributed by atoms with van der Waals surface area (Å²) in [6.07, 6.45) is 2.60. The average molecular weight is 448 g/mol. The predicted molar refractivity (Wildman–Crippen MR) is 122 cm³/mol. The number of aryl methyl sites for hydroxylation is 1. The second-order valence-electron chi connectivity index (χ2n) is 8.44. The summed E-state index contributed by atoms with van der Waals surface area (Å²) in [7, 11) is -3.53. The Balaban J connectivity index is 1.38. The summed E-state index contributed by atoms with van der Waals surface area (Å²) >= 11 is 1.28. The number of carbonyl (C=O) groups excluding carboxylic acids is 1. The van der Waals surface area contributed by atoms with E-state index in [1.807, 2.05) is 37.3 Å². The Hall–Kier alpha value is -1.90. The van der Waals surface area contributed by atoms with Crippen LogP contribution in [-0.4, -0.2) is 44.8 Å². The van der Waals surface area contributed by atoms with Crippen LogP contribution in [-0.2, 0) is 14.8 Å². The molecule has 1 amide bonds. The Morgan fingerprint density at radius 1 is 1.07 bits per heavy atom. The predicted octanol–water partition coefficient (Wildman–Crippen LogP) is 3.94. The summed E-state index contributed by atoms with van der Waals surface area (Å²) in [5, 5.41) is 2.98. The number of nitrogens with zero attached hydrogens (tertiary/aromatic N) is 2. The van der Waals surface area contributed by atoms with Crippen molar-refractivity contribution in [3.63, 3.8) is 0 Å². The van der Waals surface area contributed by atoms with Crippen LogP contribution in [0.25, 0.3) is 0 Å². The summed E-state index contributed by atoms with van der Waals surface area (Å²) < 4.78 is 27.6. The third-order valence-corrected chi connectivity index (χ3v) is 9.32. The molecule has 1 aromatic carbocycles. The summed E-state index contributed by atoms with van der Waals surface area (Å²) in [5.74, 6) is 0.265. The number of anilines is 2. The molecule has 0 radical (unpaired) electrons. The molecular formula is C22H29N3O3S2. The first-order chi connectivity index (χ1) is 14.3. The number of hydrogen-bond acceptors (Lipinski definition) is 5. The molecule has 2 atom stereocenters. The molecule has 4 rings (SSSR count). The van der Waals surface area contributed by atoms with Crippen LogP contribution >= 0.6 is 11.3 Å². The minimum Gasteiger partial charge on any atom is -0.371 e. The minimum atomic E-state index is -3.53. The normalized spacial score (nSPS) is 22.9. The fraction of sp³-hybridized carbons (Fsp3) is 0.500. The van der Waals surface area contributed by atoms with Gasteiger partial charge in [0.05, 0.1) is 5.92 Å². The molecule has 2 unspecified atom stereocenters. The molecule has 2 aromatic rings. The Morgan fingerprint density at radius 3 is 2.47 bits per heavy atom. The average Bonchev–Trinajstić information content (AvgIpc) is 3.37. The van der Waals surface area contributed by atoms with E-state index in [0.29, 0.717) is 29.5 Å². The van der Waals surface area contributed by atoms with E-state index in [0.717, 1.165) is 23.7 Å². The van der Waals surface area contributed by atoms with E-state index in [1.165, 1.54) is 27.8 Å². The van der Waals surface area contributed by atoms with Crippen LogP contribution in [0, 0.1) is 18.8 Å². The van der Waals surface area contributed by atoms with Gasteiger partial charge in [0, 0.05) is 42.4 Å². The number of sulfonamides is 1. The smallest absolute Gasteiger partial charge is 0.252 e. The van der Waals surface area contributed by atoms with Gasteiger partial charge in [0.25, 0.3) is 10.0 Å². The fourth-order valence-electron chi connectivity index (χ4n) is 4.22. The highest BCUT2D eigenvalue weighted by molar-refractivity contribution is 7.91. The molecule has 1 N–H and O–H groups in total. The van der Waals surface area contributed by atoms with Crippen LogP contribution in [0.2, 0.25) is 0 Å². The highest BCUT2D eigenvalue weighted by Crippen LogP contribution is 2.29. The van der Waals surface area contributed by atoms with E-state index in [-0.39, 0.29) is 18.4 Å². The van der Waals surface area contributed by atoms with Crippen molar-refractivity contribution < 1.29 is 13.2 Å². The number of amides is 1. The second-order valence-corrected chi connectivity index (χ2v) is 11.9. The Labute approximate surface area is 182 Å². The van der Waals surface area contributed by atoms with Gasteiger partial charge < -0.3 is 10.2 Å². The van der Waals surface area contributed by atoms with E-state index >= 15 is 0 Å². The van der Waals surface area contributed by atoms with Gasteiger partial charge in [0.1, 0.15) is 4.21 Å². The highest BCUT2D eigenvalue weighted by atomic mass is 32.2. The van der Waals surface area contributed by atoms with Crippen molar-refractivity contribution in [3.8, 4) is 0 Å². The maximum Gasteiger partial charge on any atom is 0.252 e. The SMILES string of the molecule is Cc1ccc(S(=O)(=O)N2CCCC(C(=O)Nc3ccc(N4CCC(C)C4)cc3)C2)s1. The molecule has 30 heavy (non-hydrogen) atoms. The number of benzene rings is 1. The molecule has 2 fully saturated rings. The quantitative estimate of drug-likeness (QED) is 0.754. The van der Waals surface area contributed by atoms with E-state index in [1.54, 1.807) is 6.07 Å². The molecule has 2 aliphatic heterocycles. The lowest BCUT2D eigenvalue weighted by atomic mass is 9.98. The van der Waals surface area contributed by atoms with Crippen molar-refractivity contribution in [2.24, 2.45) is 11.8 Å². The largest absolute Gasteiger partial charge is 0.371 e. The van der Waals surface area contributed by atoms with Crippen LogP contribution in [0.1, 0.15) is 31.1 Å². The van der Waals surface area contributed by atoms with Crippen LogP contribution in [0.4, 0.5) is 11.4 Å². The van der Waals surface area contributed by atoms with E-state index < -0.39 is 10.0 Å². The third-order valence-electron chi connectivity index (χ3n) is 5.99. The van der Waals surface area contributed by atoms with Gasteiger partial charge >= 0.3 is 0 Å². The van der Waals surface area contributed by atoms with Crippen LogP contribution in [0.15, 0.2) is 40.6 Å². The lowest BCUT2D eigenvalue weighted by Crippen LogP contribution is -2.43. The van der Waals surface area contributed by atoms with Gasteiger partial charge in [-0.05, 0) is 68.5 Å². The summed E-state index contributed by atoms with van der Waals surface area (Å²) in [5.41, 5.74) is 1.93. The van der Waals surface area contributed by atoms with Crippen LogP contribution in [0.3, 0.4) is 0 Å². The molecule has 1 aromatic heterocycles. The van der Waals surface area contributed by atoms with Gasteiger partial charge in [-0.3, -0.25) is 4.79 Å². The summed E-state index contributed by atoms with van der Waals surface area (Å²) in [6, 6.07) is 11.4. The minimum absolute atomic E-state index is 0.111. The van der Waals surface area contributed by atoms with Gasteiger partial charge in [-0.15, -0.1) is 11.3 Å². The van der Waals surface area contributed by atoms with E-state index in [2.05, 4.69) is 17.1 Å². The molecule has 0 bridgehead atoms. The number of piperidine rings is 1. The molecule has 162 valence electrons. The van der Waals surface area contributed by atoms with Gasteiger partial charge in [-0.1, -0.05) is 6.92 Å². The summed E-state index contributed by atoms with van der Waals surface area (Å²) in [6.45, 7) is 7.00. The monoisotopic (exact) mass is 447 g/mol. The zero-order valence-electron chi connectivity index (χ0n) is 17.5. The first-order valence-corrected chi connectivity index (χ1v) is 12.8. The van der Waals surface area contributed by atoms with Crippen molar-refractivity contribution in [2.45, 2.75) is 37.3 Å². The van der Waals surface area contributed by atoms with E-state index in [9.17, 15) is 13.2 Å². The molecule has 6 nitrogen and oxygen atoms in total. The molecule has 3 heterocycles. The number of nitrogens with one attached hydrogen (secondary N) is 1. The zero-order chi connectivity index (χ0) is 21.3. The molecule has 0 spiro atoms. The maximum absolute atomic E-state index is 12.9. The van der Waals surface area contributed by atoms with Crippen molar-refractivity contribution in [3.05, 3.63) is 41.3 Å².